The average Bonchev–Trinajstić information content (AvgIpc) is 2.74. The van der Waals surface area contributed by atoms with Crippen molar-refractivity contribution in [1.82, 2.24) is 5.43 Å². The number of rotatable bonds is 6. The first-order valence-corrected chi connectivity index (χ1v) is 10.5. The fraction of sp³-hybridized carbons (Fsp3) is 0.0455. The molecule has 6 nitrogen and oxygen atoms in total. The predicted octanol–water partition coefficient (Wildman–Crippen LogP) is 5.65. The Hall–Kier alpha value is -2.94. The van der Waals surface area contributed by atoms with E-state index in [0.29, 0.717) is 27.2 Å². The van der Waals surface area contributed by atoms with Gasteiger partial charge >= 0.3 is 5.97 Å². The summed E-state index contributed by atoms with van der Waals surface area (Å²) < 4.78 is 11.6. The van der Waals surface area contributed by atoms with Gasteiger partial charge in [0.05, 0.1) is 18.9 Å². The summed E-state index contributed by atoms with van der Waals surface area (Å²) in [6.45, 7) is 0. The maximum Gasteiger partial charge on any atom is 0.343 e. The quantitative estimate of drug-likeness (QED) is 0.144. The summed E-state index contributed by atoms with van der Waals surface area (Å²) in [5, 5.41) is 7.99. The van der Waals surface area contributed by atoms with Gasteiger partial charge in [-0.2, -0.15) is 5.10 Å². The number of benzene rings is 3. The van der Waals surface area contributed by atoms with E-state index in [1.54, 1.807) is 54.7 Å². The molecule has 0 aliphatic rings. The first-order chi connectivity index (χ1) is 14.9. The Kier molecular flexibility index (Phi) is 8.00. The molecule has 0 fully saturated rings. The topological polar surface area (TPSA) is 71.9 Å². The highest BCUT2D eigenvalue weighted by atomic mass is 79.9. The minimum atomic E-state index is -0.486. The largest absolute Gasteiger partial charge is 0.493 e. The number of halogens is 2. The van der Waals surface area contributed by atoms with Crippen molar-refractivity contribution in [3.63, 3.8) is 0 Å². The monoisotopic (exact) mass is 517 g/mol. The fourth-order valence-corrected chi connectivity index (χ4v) is 3.27. The van der Waals surface area contributed by atoms with Crippen LogP contribution in [0.2, 0.25) is 5.02 Å². The molecule has 3 rings (SSSR count). The van der Waals surface area contributed by atoms with E-state index in [9.17, 15) is 4.79 Å². The van der Waals surface area contributed by atoms with Gasteiger partial charge < -0.3 is 14.8 Å². The second-order valence-corrected chi connectivity index (χ2v) is 7.90. The lowest BCUT2D eigenvalue weighted by Gasteiger charge is -2.10. The molecular weight excluding hydrogens is 502 g/mol. The molecule has 0 bridgehead atoms. The zero-order chi connectivity index (χ0) is 22.2. The van der Waals surface area contributed by atoms with Gasteiger partial charge in [0.25, 0.3) is 0 Å². The first-order valence-electron chi connectivity index (χ1n) is 8.96. The lowest BCUT2D eigenvalue weighted by Crippen LogP contribution is -2.23. The van der Waals surface area contributed by atoms with Gasteiger partial charge in [0.15, 0.2) is 16.6 Å². The molecule has 0 aromatic heterocycles. The average molecular weight is 519 g/mol. The molecule has 0 aliphatic carbocycles. The molecule has 0 atom stereocenters. The molecule has 9 heteroatoms. The van der Waals surface area contributed by atoms with Crippen LogP contribution in [0, 0.1) is 0 Å². The van der Waals surface area contributed by atoms with E-state index in [2.05, 4.69) is 31.8 Å². The van der Waals surface area contributed by atoms with Crippen LogP contribution in [0.5, 0.6) is 11.5 Å². The highest BCUT2D eigenvalue weighted by Gasteiger charge is 2.13. The number of anilines is 1. The molecule has 0 spiro atoms. The molecule has 158 valence electrons. The summed E-state index contributed by atoms with van der Waals surface area (Å²) in [6.07, 6.45) is 1.56. The Morgan fingerprint density at radius 3 is 2.65 bits per heavy atom. The lowest BCUT2D eigenvalue weighted by atomic mass is 10.2. The van der Waals surface area contributed by atoms with E-state index < -0.39 is 5.97 Å². The zero-order valence-corrected chi connectivity index (χ0v) is 19.4. The summed E-state index contributed by atoms with van der Waals surface area (Å²) in [4.78, 5) is 12.4. The minimum Gasteiger partial charge on any atom is -0.493 e. The maximum atomic E-state index is 12.4. The summed E-state index contributed by atoms with van der Waals surface area (Å²) >= 11 is 14.5. The standard InChI is InChI=1S/C22H17BrClN3O3S/c1-29-20-10-14(13-25-27-22(31)26-18-7-3-6-17(24)12-18)8-9-19(20)30-21(28)15-4-2-5-16(23)11-15/h2-13H,1H3,(H2,26,27,31). The van der Waals surface area contributed by atoms with Gasteiger partial charge in [-0.1, -0.05) is 39.7 Å². The van der Waals surface area contributed by atoms with Crippen LogP contribution >= 0.6 is 39.7 Å². The van der Waals surface area contributed by atoms with Gasteiger partial charge in [0.2, 0.25) is 0 Å². The number of ether oxygens (including phenoxy) is 2. The minimum absolute atomic E-state index is 0.302. The molecule has 0 unspecified atom stereocenters. The smallest absolute Gasteiger partial charge is 0.343 e. The van der Waals surface area contributed by atoms with Crippen LogP contribution in [0.4, 0.5) is 5.69 Å². The molecule has 0 amide bonds. The van der Waals surface area contributed by atoms with Crippen molar-refractivity contribution < 1.29 is 14.3 Å². The van der Waals surface area contributed by atoms with Gasteiger partial charge in [0, 0.05) is 15.2 Å². The van der Waals surface area contributed by atoms with Gasteiger partial charge in [-0.3, -0.25) is 5.43 Å². The Balaban J connectivity index is 1.62. The van der Waals surface area contributed by atoms with Crippen molar-refractivity contribution in [3.05, 3.63) is 87.4 Å². The number of methoxy groups -OCH3 is 1. The first kappa shape index (κ1) is 22.7. The number of carbonyl (C=O) groups is 1. The molecule has 2 N–H and O–H groups in total. The normalized spacial score (nSPS) is 10.5. The second kappa shape index (κ2) is 10.9. The molecule has 0 heterocycles. The van der Waals surface area contributed by atoms with Crippen molar-refractivity contribution in [2.45, 2.75) is 0 Å². The highest BCUT2D eigenvalue weighted by molar-refractivity contribution is 9.10. The van der Waals surface area contributed by atoms with Crippen molar-refractivity contribution in [2.24, 2.45) is 5.10 Å². The number of carbonyl (C=O) groups excluding carboxylic acids is 1. The Bertz CT molecular complexity index is 1140. The van der Waals surface area contributed by atoms with Gasteiger partial charge in [-0.25, -0.2) is 4.79 Å². The Morgan fingerprint density at radius 2 is 1.90 bits per heavy atom. The van der Waals surface area contributed by atoms with E-state index in [-0.39, 0.29) is 0 Å². The summed E-state index contributed by atoms with van der Waals surface area (Å²) in [5.41, 5.74) is 4.62. The third-order valence-corrected chi connectivity index (χ3v) is 4.83. The van der Waals surface area contributed by atoms with Crippen molar-refractivity contribution in [2.75, 3.05) is 12.4 Å². The maximum absolute atomic E-state index is 12.4. The van der Waals surface area contributed by atoms with Gasteiger partial charge in [-0.05, 0) is 72.4 Å². The number of hydrogen-bond acceptors (Lipinski definition) is 5. The Labute approximate surface area is 198 Å². The summed E-state index contributed by atoms with van der Waals surface area (Å²) in [5.74, 6) is 0.211. The number of nitrogens with one attached hydrogen (secondary N) is 2. The summed E-state index contributed by atoms with van der Waals surface area (Å²) in [6, 6.07) is 19.2. The van der Waals surface area contributed by atoms with Gasteiger partial charge in [-0.15, -0.1) is 0 Å². The van der Waals surface area contributed by atoms with Crippen LogP contribution in [0.1, 0.15) is 15.9 Å². The third kappa shape index (κ3) is 6.78. The molecule has 3 aromatic rings. The Morgan fingerprint density at radius 1 is 1.10 bits per heavy atom. The van der Waals surface area contributed by atoms with E-state index in [0.717, 1.165) is 15.7 Å². The predicted molar refractivity (Wildman–Crippen MR) is 130 cm³/mol. The molecule has 3 aromatic carbocycles. The van der Waals surface area contributed by atoms with E-state index in [1.807, 2.05) is 18.2 Å². The highest BCUT2D eigenvalue weighted by Crippen LogP contribution is 2.28. The zero-order valence-electron chi connectivity index (χ0n) is 16.3. The van der Waals surface area contributed by atoms with Crippen molar-refractivity contribution in [3.8, 4) is 11.5 Å². The number of thiocarbonyl (C=S) groups is 1. The van der Waals surface area contributed by atoms with Crippen LogP contribution in [0.25, 0.3) is 0 Å². The SMILES string of the molecule is COc1cc(C=NNC(=S)Nc2cccc(Cl)c2)ccc1OC(=O)c1cccc(Br)c1. The van der Waals surface area contributed by atoms with Crippen LogP contribution in [0.3, 0.4) is 0 Å². The molecule has 31 heavy (non-hydrogen) atoms. The molecule has 0 saturated heterocycles. The molecule has 0 saturated carbocycles. The molecular formula is C22H17BrClN3O3S. The van der Waals surface area contributed by atoms with Crippen LogP contribution in [0.15, 0.2) is 76.3 Å². The van der Waals surface area contributed by atoms with E-state index in [4.69, 9.17) is 33.3 Å². The molecule has 0 aliphatic heterocycles. The van der Waals surface area contributed by atoms with E-state index in [1.165, 1.54) is 7.11 Å². The number of hydrazone groups is 1. The van der Waals surface area contributed by atoms with Gasteiger partial charge in [0.1, 0.15) is 0 Å². The number of nitrogens with zero attached hydrogens (tertiary/aromatic N) is 1. The number of hydrogen-bond donors (Lipinski definition) is 2. The van der Waals surface area contributed by atoms with Crippen LogP contribution in [-0.4, -0.2) is 24.4 Å². The van der Waals surface area contributed by atoms with Crippen molar-refractivity contribution >= 4 is 62.7 Å². The lowest BCUT2D eigenvalue weighted by molar-refractivity contribution is 0.0729. The number of esters is 1. The third-order valence-electron chi connectivity index (χ3n) is 3.91. The second-order valence-electron chi connectivity index (χ2n) is 6.14. The molecule has 0 radical (unpaired) electrons. The van der Waals surface area contributed by atoms with Crippen LogP contribution in [-0.2, 0) is 0 Å². The van der Waals surface area contributed by atoms with E-state index >= 15 is 0 Å². The van der Waals surface area contributed by atoms with Crippen molar-refractivity contribution in [1.29, 1.82) is 0 Å². The van der Waals surface area contributed by atoms with Crippen LogP contribution < -0.4 is 20.2 Å². The summed E-state index contributed by atoms with van der Waals surface area (Å²) in [7, 11) is 1.50. The fourth-order valence-electron chi connectivity index (χ4n) is 2.51.